The van der Waals surface area contributed by atoms with Crippen molar-refractivity contribution in [3.05, 3.63) is 53.8 Å². The van der Waals surface area contributed by atoms with Crippen molar-refractivity contribution in [1.82, 2.24) is 15.3 Å². The van der Waals surface area contributed by atoms with Gasteiger partial charge in [-0.3, -0.25) is 14.6 Å². The summed E-state index contributed by atoms with van der Waals surface area (Å²) < 4.78 is 14.8. The zero-order valence-corrected chi connectivity index (χ0v) is 18.8. The molecule has 0 aromatic carbocycles. The fourth-order valence-electron chi connectivity index (χ4n) is 4.34. The Bertz CT molecular complexity index is 1100. The van der Waals surface area contributed by atoms with Gasteiger partial charge in [-0.2, -0.15) is 4.39 Å². The van der Waals surface area contributed by atoms with E-state index in [-0.39, 0.29) is 17.6 Å². The molecule has 0 aliphatic heterocycles. The molecular weight excluding hydrogens is 421 g/mol. The molecule has 2 fully saturated rings. The second-order valence-electron chi connectivity index (χ2n) is 8.93. The number of amides is 2. The highest BCUT2D eigenvalue weighted by Gasteiger charge is 2.48. The fraction of sp³-hybridized carbons (Fsp3) is 0.400. The third-order valence-corrected chi connectivity index (χ3v) is 6.41. The van der Waals surface area contributed by atoms with Gasteiger partial charge in [0.25, 0.3) is 0 Å². The Morgan fingerprint density at radius 3 is 2.42 bits per heavy atom. The summed E-state index contributed by atoms with van der Waals surface area (Å²) in [4.78, 5) is 33.9. The van der Waals surface area contributed by atoms with Gasteiger partial charge in [0.1, 0.15) is 11.9 Å². The van der Waals surface area contributed by atoms with Crippen molar-refractivity contribution in [1.29, 1.82) is 5.41 Å². The van der Waals surface area contributed by atoms with Crippen LogP contribution in [0.3, 0.4) is 0 Å². The summed E-state index contributed by atoms with van der Waals surface area (Å²) in [6.07, 6.45) is 9.83. The number of nitrogens with zero attached hydrogens (tertiary/aromatic N) is 2. The molecule has 172 valence electrons. The maximum atomic E-state index is 14.8. The van der Waals surface area contributed by atoms with Crippen LogP contribution in [0.25, 0.3) is 11.1 Å². The summed E-state index contributed by atoms with van der Waals surface area (Å²) >= 11 is 0. The van der Waals surface area contributed by atoms with Gasteiger partial charge in [-0.25, -0.2) is 4.98 Å². The van der Waals surface area contributed by atoms with E-state index in [4.69, 9.17) is 5.41 Å². The minimum absolute atomic E-state index is 0.0453. The van der Waals surface area contributed by atoms with Crippen LogP contribution in [-0.2, 0) is 9.59 Å². The smallest absolute Gasteiger partial charge is 0.248 e. The molecule has 1 unspecified atom stereocenters. The fourth-order valence-corrected chi connectivity index (χ4v) is 4.34. The molecule has 2 heterocycles. The Morgan fingerprint density at radius 2 is 1.85 bits per heavy atom. The monoisotopic (exact) mass is 449 g/mol. The molecule has 2 aromatic rings. The lowest BCUT2D eigenvalue weighted by Gasteiger charge is -2.27. The maximum absolute atomic E-state index is 14.8. The molecule has 0 saturated heterocycles. The summed E-state index contributed by atoms with van der Waals surface area (Å²) in [6.45, 7) is 3.47. The Hall–Kier alpha value is -3.42. The topological polar surface area (TPSA) is 108 Å². The highest BCUT2D eigenvalue weighted by atomic mass is 19.1. The van der Waals surface area contributed by atoms with Crippen molar-refractivity contribution in [2.45, 2.75) is 45.6 Å². The molecule has 33 heavy (non-hydrogen) atoms. The molecule has 4 rings (SSSR count). The van der Waals surface area contributed by atoms with Gasteiger partial charge >= 0.3 is 0 Å². The average Bonchev–Trinajstić information content (AvgIpc) is 3.69. The lowest BCUT2D eigenvalue weighted by molar-refractivity contribution is -0.126. The van der Waals surface area contributed by atoms with Crippen LogP contribution in [0.15, 0.2) is 42.2 Å². The van der Waals surface area contributed by atoms with Crippen LogP contribution < -0.4 is 10.6 Å². The Morgan fingerprint density at radius 1 is 1.15 bits per heavy atom. The first kappa shape index (κ1) is 22.8. The van der Waals surface area contributed by atoms with Crippen molar-refractivity contribution < 1.29 is 14.0 Å². The molecule has 8 heteroatoms. The number of aryl methyl sites for hydroxylation is 1. The number of aromatic nitrogens is 2. The molecule has 0 bridgehead atoms. The number of hydrogen-bond donors (Lipinski definition) is 3. The molecule has 1 atom stereocenters. The lowest BCUT2D eigenvalue weighted by atomic mass is 9.88. The predicted molar refractivity (Wildman–Crippen MR) is 124 cm³/mol. The van der Waals surface area contributed by atoms with Gasteiger partial charge < -0.3 is 16.0 Å². The number of pyridine rings is 2. The SMILES string of the molecule is C/C(=C\C=N)C(=O)NC(C(=O)Nc1ccc(-c2cnccc2C)c(F)n1)C(C1CC1)C1CC1. The van der Waals surface area contributed by atoms with Crippen LogP contribution in [0.2, 0.25) is 0 Å². The zero-order chi connectivity index (χ0) is 23.5. The normalized spacial score (nSPS) is 16.9. The number of carbonyl (C=O) groups is 2. The molecule has 0 spiro atoms. The summed E-state index contributed by atoms with van der Waals surface area (Å²) in [5, 5.41) is 12.8. The van der Waals surface area contributed by atoms with Crippen molar-refractivity contribution in [2.75, 3.05) is 5.32 Å². The van der Waals surface area contributed by atoms with Crippen LogP contribution in [-0.4, -0.2) is 34.0 Å². The van der Waals surface area contributed by atoms with Gasteiger partial charge in [0.15, 0.2) is 0 Å². The molecule has 7 nitrogen and oxygen atoms in total. The van der Waals surface area contributed by atoms with Crippen LogP contribution in [0, 0.1) is 36.0 Å². The standard InChI is InChI=1S/C25H28FN5O2/c1-14-10-12-28-13-19(14)18-7-8-20(29-23(18)26)30-25(33)22(31-24(32)15(2)9-11-27)21(16-3-4-16)17-5-6-17/h7-13,16-17,21-22,27H,3-6H2,1-2H3,(H,31,32)(H,29,30,33)/b15-9+,27-11?. The minimum atomic E-state index is -0.739. The number of carbonyl (C=O) groups excluding carboxylic acids is 2. The van der Waals surface area contributed by atoms with Gasteiger partial charge in [-0.15, -0.1) is 0 Å². The van der Waals surface area contributed by atoms with Crippen molar-refractivity contribution in [2.24, 2.45) is 17.8 Å². The summed E-state index contributed by atoms with van der Waals surface area (Å²) in [5.41, 5.74) is 2.18. The van der Waals surface area contributed by atoms with Gasteiger partial charge in [0, 0.05) is 35.3 Å². The Labute approximate surface area is 192 Å². The van der Waals surface area contributed by atoms with Crippen LogP contribution in [0.4, 0.5) is 10.2 Å². The Kier molecular flexibility index (Phi) is 6.62. The minimum Gasteiger partial charge on any atom is -0.340 e. The molecule has 3 N–H and O–H groups in total. The van der Waals surface area contributed by atoms with E-state index in [1.54, 1.807) is 37.5 Å². The largest absolute Gasteiger partial charge is 0.340 e. The quantitative estimate of drug-likeness (QED) is 0.305. The van der Waals surface area contributed by atoms with Crippen molar-refractivity contribution >= 4 is 23.8 Å². The second-order valence-corrected chi connectivity index (χ2v) is 8.93. The molecule has 2 saturated carbocycles. The van der Waals surface area contributed by atoms with E-state index in [0.717, 1.165) is 37.5 Å². The van der Waals surface area contributed by atoms with E-state index in [9.17, 15) is 14.0 Å². The van der Waals surface area contributed by atoms with Gasteiger partial charge in [-0.1, -0.05) is 0 Å². The molecule has 2 aromatic heterocycles. The van der Waals surface area contributed by atoms with Gasteiger partial charge in [-0.05, 0) is 87.1 Å². The average molecular weight is 450 g/mol. The number of anilines is 1. The third-order valence-electron chi connectivity index (χ3n) is 6.41. The van der Waals surface area contributed by atoms with Crippen molar-refractivity contribution in [3.63, 3.8) is 0 Å². The lowest BCUT2D eigenvalue weighted by Crippen LogP contribution is -2.50. The molecule has 2 aliphatic rings. The molecular formula is C25H28FN5O2. The number of nitrogens with one attached hydrogen (secondary N) is 3. The van der Waals surface area contributed by atoms with E-state index in [0.29, 0.717) is 28.5 Å². The van der Waals surface area contributed by atoms with E-state index in [1.165, 1.54) is 6.08 Å². The van der Waals surface area contributed by atoms with Crippen molar-refractivity contribution in [3.8, 4) is 11.1 Å². The second kappa shape index (κ2) is 9.60. The van der Waals surface area contributed by atoms with Gasteiger partial charge in [0.05, 0.1) is 0 Å². The Balaban J connectivity index is 1.55. The molecule has 2 aliphatic carbocycles. The van der Waals surface area contributed by atoms with Crippen LogP contribution in [0.1, 0.15) is 38.2 Å². The van der Waals surface area contributed by atoms with Gasteiger partial charge in [0.2, 0.25) is 17.8 Å². The summed E-state index contributed by atoms with van der Waals surface area (Å²) in [6, 6.07) is 4.19. The third kappa shape index (κ3) is 5.32. The zero-order valence-electron chi connectivity index (χ0n) is 18.8. The predicted octanol–water partition coefficient (Wildman–Crippen LogP) is 4.05. The first-order valence-electron chi connectivity index (χ1n) is 11.3. The first-order chi connectivity index (χ1) is 15.9. The maximum Gasteiger partial charge on any atom is 0.248 e. The van der Waals surface area contributed by atoms with Crippen LogP contribution >= 0.6 is 0 Å². The molecule has 2 amide bonds. The van der Waals surface area contributed by atoms with E-state index >= 15 is 0 Å². The van der Waals surface area contributed by atoms with E-state index in [2.05, 4.69) is 20.6 Å². The first-order valence-corrected chi connectivity index (χ1v) is 11.3. The highest BCUT2D eigenvalue weighted by Crippen LogP contribution is 2.50. The summed E-state index contributed by atoms with van der Waals surface area (Å²) in [7, 11) is 0. The highest BCUT2D eigenvalue weighted by molar-refractivity contribution is 6.02. The summed E-state index contributed by atoms with van der Waals surface area (Å²) in [5.74, 6) is -0.529. The number of halogens is 1. The van der Waals surface area contributed by atoms with E-state index in [1.807, 2.05) is 6.92 Å². The molecule has 0 radical (unpaired) electrons. The van der Waals surface area contributed by atoms with E-state index < -0.39 is 17.9 Å². The van der Waals surface area contributed by atoms with Crippen LogP contribution in [0.5, 0.6) is 0 Å². The number of rotatable bonds is 9. The number of allylic oxidation sites excluding steroid dienone is 1. The number of hydrogen-bond acceptors (Lipinski definition) is 5.